The molecule has 290 valence electrons. The van der Waals surface area contributed by atoms with Gasteiger partial charge in [0.2, 0.25) is 0 Å². The van der Waals surface area contributed by atoms with Gasteiger partial charge in [-0.25, -0.2) is 9.59 Å². The van der Waals surface area contributed by atoms with Gasteiger partial charge < -0.3 is 44.6 Å². The Bertz CT molecular complexity index is 1370. The number of ether oxygens (including phenoxy) is 3. The van der Waals surface area contributed by atoms with Crippen LogP contribution < -0.4 is 5.32 Å². The lowest BCUT2D eigenvalue weighted by molar-refractivity contribution is 0.0184. The Labute approximate surface area is 332 Å². The molecule has 0 saturated carbocycles. The topological polar surface area (TPSA) is 149 Å². The first-order valence-electron chi connectivity index (χ1n) is 16.1. The Balaban J connectivity index is 0.000000379. The summed E-state index contributed by atoms with van der Waals surface area (Å²) in [6.07, 6.45) is 2.06. The summed E-state index contributed by atoms with van der Waals surface area (Å²) in [5.74, 6) is 0.533. The molecule has 18 heteroatoms. The molecule has 13 nitrogen and oxygen atoms in total. The minimum Gasteiger partial charge on any atom is -0.444 e. The summed E-state index contributed by atoms with van der Waals surface area (Å²) >= 11 is 15.1. The maximum Gasteiger partial charge on any atom is 0.410 e. The third-order valence-electron chi connectivity index (χ3n) is 6.63. The van der Waals surface area contributed by atoms with Crippen LogP contribution in [0.15, 0.2) is 42.1 Å². The van der Waals surface area contributed by atoms with Crippen LogP contribution in [-0.2, 0) is 14.2 Å². The average Bonchev–Trinajstić information content (AvgIpc) is 3.86. The number of thiophene rings is 2. The van der Waals surface area contributed by atoms with E-state index in [-0.39, 0.29) is 30.4 Å². The van der Waals surface area contributed by atoms with Crippen LogP contribution >= 0.6 is 66.1 Å². The van der Waals surface area contributed by atoms with Crippen LogP contribution in [-0.4, -0.2) is 125 Å². The van der Waals surface area contributed by atoms with Crippen molar-refractivity contribution < 1.29 is 34.2 Å². The summed E-state index contributed by atoms with van der Waals surface area (Å²) in [5, 5.41) is 31.0. The first-order valence-corrected chi connectivity index (χ1v) is 19.8. The smallest absolute Gasteiger partial charge is 0.410 e. The molecule has 3 aliphatic rings. The fourth-order valence-electron chi connectivity index (χ4n) is 4.30. The van der Waals surface area contributed by atoms with E-state index in [1.54, 1.807) is 9.80 Å². The highest BCUT2D eigenvalue weighted by Crippen LogP contribution is 2.26. The van der Waals surface area contributed by atoms with Gasteiger partial charge in [-0.2, -0.15) is 0 Å². The number of carbonyl (C=O) groups is 2. The van der Waals surface area contributed by atoms with E-state index in [1.165, 1.54) is 35.5 Å². The largest absolute Gasteiger partial charge is 0.444 e. The zero-order chi connectivity index (χ0) is 37.3. The lowest BCUT2D eigenvalue weighted by Gasteiger charge is -2.36. The van der Waals surface area contributed by atoms with Crippen molar-refractivity contribution in [3.63, 3.8) is 0 Å². The number of oxime groups is 2. The fraction of sp³-hybridized carbons (Fsp3) is 0.636. The van der Waals surface area contributed by atoms with Crippen LogP contribution in [0.1, 0.15) is 71.6 Å². The maximum atomic E-state index is 12.0. The van der Waals surface area contributed by atoms with Gasteiger partial charge in [0.1, 0.15) is 11.2 Å². The predicted molar refractivity (Wildman–Crippen MR) is 213 cm³/mol. The van der Waals surface area contributed by atoms with Gasteiger partial charge in [-0.1, -0.05) is 29.3 Å². The second kappa shape index (κ2) is 23.5. The summed E-state index contributed by atoms with van der Waals surface area (Å²) in [4.78, 5) is 30.5. The van der Waals surface area contributed by atoms with E-state index in [9.17, 15) is 14.8 Å². The van der Waals surface area contributed by atoms with Gasteiger partial charge in [-0.3, -0.25) is 0 Å². The molecular weight excluding hydrogens is 852 g/mol. The van der Waals surface area contributed by atoms with Crippen LogP contribution in [0.5, 0.6) is 0 Å². The van der Waals surface area contributed by atoms with Crippen molar-refractivity contribution in [1.82, 2.24) is 20.0 Å². The van der Waals surface area contributed by atoms with Gasteiger partial charge in [-0.05, 0) is 109 Å². The minimum absolute atomic E-state index is 0. The number of piperazine rings is 2. The van der Waals surface area contributed by atoms with Gasteiger partial charge in [-0.15, -0.1) is 22.7 Å². The van der Waals surface area contributed by atoms with Crippen molar-refractivity contribution in [1.29, 1.82) is 0 Å². The summed E-state index contributed by atoms with van der Waals surface area (Å²) in [6.45, 7) is 18.7. The predicted octanol–water partition coefficient (Wildman–Crippen LogP) is 8.34. The number of nitrogens with zero attached hydrogens (tertiary/aromatic N) is 5. The van der Waals surface area contributed by atoms with Crippen molar-refractivity contribution >= 4 is 89.3 Å². The molecule has 2 aromatic heterocycles. The third kappa shape index (κ3) is 18.0. The number of hydrogen-bond acceptors (Lipinski definition) is 12. The molecule has 0 bridgehead atoms. The molecule has 0 aliphatic carbocycles. The molecule has 3 aliphatic heterocycles. The quantitative estimate of drug-likeness (QED) is 0.117. The molecule has 2 aromatic rings. The van der Waals surface area contributed by atoms with Gasteiger partial charge >= 0.3 is 12.2 Å². The number of nitrogens with one attached hydrogen (secondary N) is 1. The average molecular weight is 905 g/mol. The Morgan fingerprint density at radius 3 is 1.57 bits per heavy atom. The number of hydrogen-bond donors (Lipinski definition) is 3. The Morgan fingerprint density at radius 2 is 1.22 bits per heavy atom. The van der Waals surface area contributed by atoms with Crippen LogP contribution in [0.3, 0.4) is 0 Å². The maximum absolute atomic E-state index is 12.0. The molecule has 0 radical (unpaired) electrons. The molecule has 0 spiro atoms. The van der Waals surface area contributed by atoms with Gasteiger partial charge in [0.15, 0.2) is 11.0 Å². The summed E-state index contributed by atoms with van der Waals surface area (Å²) in [5.41, 5.74) is -0.879. The van der Waals surface area contributed by atoms with E-state index >= 15 is 0 Å². The van der Waals surface area contributed by atoms with Crippen LogP contribution in [0, 0.1) is 0 Å². The monoisotopic (exact) mass is 902 g/mol. The standard InChI is InChI=1S/C14H20BrN3O3S.C9H18N2O2.C5H3BrClNOS.C4H8O.CH4/c1-14(2,3)21-13(19)18-7-5-17(6-8-18)12(16-20)11-10(15)4-9-22-11;1-9(2,3)13-8(12)11-6-4-10-5-7-11;6-3-1-2-10-4(3)5(7)8-9;1-2-4-5-3-1;/h4,9,20H,5-8H2,1-3H3;10H,4-7H2,1-3H3;1-2,9H;1-4H2;1H4/b16-12-;;8-5-;;. The first kappa shape index (κ1) is 46.9. The summed E-state index contributed by atoms with van der Waals surface area (Å²) in [6, 6.07) is 3.76. The molecular formula is C33H53Br2ClN6O7S2. The lowest BCUT2D eigenvalue weighted by Crippen LogP contribution is -2.51. The molecule has 2 amide bonds. The molecule has 5 heterocycles. The number of carbonyl (C=O) groups excluding carboxylic acids is 2. The van der Waals surface area contributed by atoms with Crippen molar-refractivity contribution in [3.05, 3.63) is 41.6 Å². The van der Waals surface area contributed by atoms with Crippen molar-refractivity contribution in [3.8, 4) is 0 Å². The molecule has 0 aromatic carbocycles. The zero-order valence-corrected chi connectivity index (χ0v) is 35.0. The van der Waals surface area contributed by atoms with Crippen molar-refractivity contribution in [2.45, 2.75) is 73.0 Å². The van der Waals surface area contributed by atoms with Crippen molar-refractivity contribution in [2.24, 2.45) is 10.3 Å². The van der Waals surface area contributed by atoms with E-state index in [2.05, 4.69) is 47.5 Å². The third-order valence-corrected chi connectivity index (χ3v) is 10.7. The van der Waals surface area contributed by atoms with E-state index in [1.807, 2.05) is 69.3 Å². The van der Waals surface area contributed by atoms with Crippen LogP contribution in [0.25, 0.3) is 0 Å². The van der Waals surface area contributed by atoms with Crippen molar-refractivity contribution in [2.75, 3.05) is 65.6 Å². The number of amidine groups is 1. The molecule has 3 fully saturated rings. The second-order valence-electron chi connectivity index (χ2n) is 13.0. The molecule has 5 rings (SSSR count). The van der Waals surface area contributed by atoms with Gasteiger partial charge in [0.05, 0.1) is 9.75 Å². The van der Waals surface area contributed by atoms with E-state index in [4.69, 9.17) is 31.0 Å². The van der Waals surface area contributed by atoms with E-state index in [0.717, 1.165) is 58.1 Å². The summed E-state index contributed by atoms with van der Waals surface area (Å²) < 4.78 is 17.3. The normalized spacial score (nSPS) is 16.7. The second-order valence-corrected chi connectivity index (χ2v) is 16.9. The molecule has 3 saturated heterocycles. The molecule has 0 atom stereocenters. The van der Waals surface area contributed by atoms with Crippen LogP contribution in [0.2, 0.25) is 0 Å². The lowest BCUT2D eigenvalue weighted by atomic mass is 10.2. The summed E-state index contributed by atoms with van der Waals surface area (Å²) in [7, 11) is 0. The Kier molecular flexibility index (Phi) is 21.6. The number of halogens is 3. The highest BCUT2D eigenvalue weighted by molar-refractivity contribution is 9.11. The fourth-order valence-corrected chi connectivity index (χ4v) is 7.65. The number of amides is 2. The first-order chi connectivity index (χ1) is 23.6. The Hall–Kier alpha value is -2.15. The zero-order valence-electron chi connectivity index (χ0n) is 29.4. The molecule has 0 unspecified atom stereocenters. The molecule has 51 heavy (non-hydrogen) atoms. The van der Waals surface area contributed by atoms with Gasteiger partial charge in [0.25, 0.3) is 0 Å². The van der Waals surface area contributed by atoms with Gasteiger partial charge in [0, 0.05) is 74.5 Å². The highest BCUT2D eigenvalue weighted by atomic mass is 79.9. The number of rotatable bonds is 2. The highest BCUT2D eigenvalue weighted by Gasteiger charge is 2.28. The van der Waals surface area contributed by atoms with Crippen LogP contribution in [0.4, 0.5) is 9.59 Å². The minimum atomic E-state index is -0.492. The SMILES string of the molecule is C.C1CCOC1.CC(C)(C)OC(=O)N1CCN(/C(=N\O)c2sccc2Br)CC1.CC(C)(C)OC(=O)N1CCNCC1.O/N=C(\Cl)c1sccc1Br. The van der Waals surface area contributed by atoms with E-state index in [0.29, 0.717) is 32.0 Å². The van der Waals surface area contributed by atoms with E-state index < -0.39 is 5.60 Å². The molecule has 3 N–H and O–H groups in total. The Morgan fingerprint density at radius 1 is 0.784 bits per heavy atom.